The summed E-state index contributed by atoms with van der Waals surface area (Å²) in [7, 11) is 0. The average molecular weight is 384 g/mol. The maximum atomic E-state index is 12.5. The van der Waals surface area contributed by atoms with Crippen LogP contribution in [0.5, 0.6) is 11.5 Å². The molecule has 0 saturated carbocycles. The second-order valence-corrected chi connectivity index (χ2v) is 6.21. The molecule has 8 nitrogen and oxygen atoms in total. The fourth-order valence-corrected chi connectivity index (χ4v) is 2.64. The largest absolute Gasteiger partial charge is 0.490 e. The SMILES string of the molecule is O=C(O)CNC(=O)Cc1ccc(NC(=O)c2ccc3c(c2)OCCCO3)cc1. The van der Waals surface area contributed by atoms with Gasteiger partial charge in [0.05, 0.1) is 19.6 Å². The van der Waals surface area contributed by atoms with Crippen molar-refractivity contribution in [2.24, 2.45) is 0 Å². The molecule has 1 heterocycles. The number of nitrogens with one attached hydrogen (secondary N) is 2. The molecule has 2 amide bonds. The minimum Gasteiger partial charge on any atom is -0.490 e. The quantitative estimate of drug-likeness (QED) is 0.700. The number of benzene rings is 2. The van der Waals surface area contributed by atoms with Crippen LogP contribution in [0.15, 0.2) is 42.5 Å². The molecule has 8 heteroatoms. The molecule has 0 aromatic heterocycles. The number of hydrogen-bond donors (Lipinski definition) is 3. The van der Waals surface area contributed by atoms with Crippen molar-refractivity contribution in [3.8, 4) is 11.5 Å². The monoisotopic (exact) mass is 384 g/mol. The lowest BCUT2D eigenvalue weighted by molar-refractivity contribution is -0.137. The zero-order valence-corrected chi connectivity index (χ0v) is 15.1. The van der Waals surface area contributed by atoms with Gasteiger partial charge in [0.15, 0.2) is 11.5 Å². The topological polar surface area (TPSA) is 114 Å². The molecule has 0 aliphatic carbocycles. The fraction of sp³-hybridized carbons (Fsp3) is 0.250. The molecule has 0 fully saturated rings. The molecular formula is C20H20N2O6. The van der Waals surface area contributed by atoms with Crippen molar-refractivity contribution in [1.82, 2.24) is 5.32 Å². The van der Waals surface area contributed by atoms with Gasteiger partial charge in [0, 0.05) is 17.7 Å². The summed E-state index contributed by atoms with van der Waals surface area (Å²) in [6, 6.07) is 11.8. The number of anilines is 1. The third-order valence-corrected chi connectivity index (χ3v) is 4.02. The van der Waals surface area contributed by atoms with Gasteiger partial charge in [-0.25, -0.2) is 0 Å². The third-order valence-electron chi connectivity index (χ3n) is 4.02. The summed E-state index contributed by atoms with van der Waals surface area (Å²) >= 11 is 0. The number of hydrogen-bond acceptors (Lipinski definition) is 5. The van der Waals surface area contributed by atoms with Gasteiger partial charge < -0.3 is 25.2 Å². The normalized spacial score (nSPS) is 12.6. The Hall–Kier alpha value is -3.55. The van der Waals surface area contributed by atoms with Crippen LogP contribution in [-0.2, 0) is 16.0 Å². The van der Waals surface area contributed by atoms with E-state index in [4.69, 9.17) is 14.6 Å². The maximum Gasteiger partial charge on any atom is 0.322 e. The van der Waals surface area contributed by atoms with Crippen molar-refractivity contribution in [3.05, 3.63) is 53.6 Å². The number of carbonyl (C=O) groups excluding carboxylic acids is 2. The molecule has 1 aliphatic rings. The zero-order valence-electron chi connectivity index (χ0n) is 15.1. The van der Waals surface area contributed by atoms with E-state index in [1.54, 1.807) is 42.5 Å². The lowest BCUT2D eigenvalue weighted by atomic mass is 10.1. The smallest absolute Gasteiger partial charge is 0.322 e. The Morgan fingerprint density at radius 2 is 1.68 bits per heavy atom. The van der Waals surface area contributed by atoms with Crippen LogP contribution in [-0.4, -0.2) is 42.6 Å². The Bertz CT molecular complexity index is 879. The standard InChI is InChI=1S/C20H20N2O6/c23-18(21-12-19(24)25)10-13-2-5-15(6-3-13)22-20(26)14-4-7-16-17(11-14)28-9-1-8-27-16/h2-7,11H,1,8-10,12H2,(H,21,23)(H,22,26)(H,24,25). The number of rotatable bonds is 6. The van der Waals surface area contributed by atoms with Gasteiger partial charge in [-0.3, -0.25) is 14.4 Å². The summed E-state index contributed by atoms with van der Waals surface area (Å²) in [5.74, 6) is -0.595. The van der Waals surface area contributed by atoms with Crippen LogP contribution >= 0.6 is 0 Å². The van der Waals surface area contributed by atoms with Crippen molar-refractivity contribution < 1.29 is 29.0 Å². The lowest BCUT2D eigenvalue weighted by Crippen LogP contribution is -2.30. The number of carboxylic acid groups (broad SMARTS) is 1. The Balaban J connectivity index is 1.59. The van der Waals surface area contributed by atoms with Gasteiger partial charge >= 0.3 is 5.97 Å². The Morgan fingerprint density at radius 3 is 2.39 bits per heavy atom. The van der Waals surface area contributed by atoms with Crippen molar-refractivity contribution in [1.29, 1.82) is 0 Å². The zero-order chi connectivity index (χ0) is 19.9. The first-order valence-electron chi connectivity index (χ1n) is 8.80. The Morgan fingerprint density at radius 1 is 0.964 bits per heavy atom. The van der Waals surface area contributed by atoms with Crippen LogP contribution in [0.3, 0.4) is 0 Å². The van der Waals surface area contributed by atoms with Gasteiger partial charge in [-0.15, -0.1) is 0 Å². The van der Waals surface area contributed by atoms with E-state index in [0.29, 0.717) is 41.5 Å². The number of aliphatic carboxylic acids is 1. The summed E-state index contributed by atoms with van der Waals surface area (Å²) in [4.78, 5) is 34.6. The molecule has 0 atom stereocenters. The lowest BCUT2D eigenvalue weighted by Gasteiger charge is -2.10. The van der Waals surface area contributed by atoms with E-state index in [-0.39, 0.29) is 18.2 Å². The van der Waals surface area contributed by atoms with E-state index in [9.17, 15) is 14.4 Å². The van der Waals surface area contributed by atoms with Crippen LogP contribution in [0.25, 0.3) is 0 Å². The second kappa shape index (κ2) is 8.90. The third kappa shape index (κ3) is 5.23. The molecular weight excluding hydrogens is 364 g/mol. The van der Waals surface area contributed by atoms with E-state index in [2.05, 4.69) is 10.6 Å². The van der Waals surface area contributed by atoms with E-state index < -0.39 is 12.5 Å². The number of amides is 2. The van der Waals surface area contributed by atoms with E-state index >= 15 is 0 Å². The highest BCUT2D eigenvalue weighted by Gasteiger charge is 2.14. The van der Waals surface area contributed by atoms with Crippen LogP contribution in [0.2, 0.25) is 0 Å². The Labute approximate surface area is 161 Å². The van der Waals surface area contributed by atoms with Crippen molar-refractivity contribution >= 4 is 23.5 Å². The first kappa shape index (κ1) is 19.2. The van der Waals surface area contributed by atoms with Crippen LogP contribution in [0.4, 0.5) is 5.69 Å². The van der Waals surface area contributed by atoms with Gasteiger partial charge in [0.1, 0.15) is 6.54 Å². The predicted molar refractivity (Wildman–Crippen MR) is 101 cm³/mol. The minimum absolute atomic E-state index is 0.0592. The summed E-state index contributed by atoms with van der Waals surface area (Å²) in [6.45, 7) is 0.710. The summed E-state index contributed by atoms with van der Waals surface area (Å²) in [6.07, 6.45) is 0.848. The highest BCUT2D eigenvalue weighted by Crippen LogP contribution is 2.30. The van der Waals surface area contributed by atoms with E-state index in [1.165, 1.54) is 0 Å². The first-order valence-corrected chi connectivity index (χ1v) is 8.80. The Kier molecular flexibility index (Phi) is 6.11. The van der Waals surface area contributed by atoms with Gasteiger partial charge in [-0.1, -0.05) is 12.1 Å². The highest BCUT2D eigenvalue weighted by atomic mass is 16.5. The van der Waals surface area contributed by atoms with Gasteiger partial charge in [0.2, 0.25) is 5.91 Å². The molecule has 2 aromatic rings. The van der Waals surface area contributed by atoms with Gasteiger partial charge in [0.25, 0.3) is 5.91 Å². The van der Waals surface area contributed by atoms with Crippen molar-refractivity contribution in [2.75, 3.05) is 25.1 Å². The highest BCUT2D eigenvalue weighted by molar-refractivity contribution is 6.04. The van der Waals surface area contributed by atoms with Crippen LogP contribution < -0.4 is 20.1 Å². The van der Waals surface area contributed by atoms with E-state index in [1.807, 2.05) is 0 Å². The van der Waals surface area contributed by atoms with Gasteiger partial charge in [-0.05, 0) is 35.9 Å². The number of fused-ring (bicyclic) bond motifs is 1. The minimum atomic E-state index is -1.10. The maximum absolute atomic E-state index is 12.5. The molecule has 146 valence electrons. The van der Waals surface area contributed by atoms with Crippen molar-refractivity contribution in [2.45, 2.75) is 12.8 Å². The molecule has 0 spiro atoms. The second-order valence-electron chi connectivity index (χ2n) is 6.21. The summed E-state index contributed by atoms with van der Waals surface area (Å²) < 4.78 is 11.2. The molecule has 2 aromatic carbocycles. The number of carboxylic acids is 1. The van der Waals surface area contributed by atoms with Crippen LogP contribution in [0.1, 0.15) is 22.3 Å². The average Bonchev–Trinajstić information content (AvgIpc) is 2.92. The molecule has 28 heavy (non-hydrogen) atoms. The molecule has 0 unspecified atom stereocenters. The van der Waals surface area contributed by atoms with E-state index in [0.717, 1.165) is 6.42 Å². The molecule has 0 bridgehead atoms. The summed E-state index contributed by atoms with van der Waals surface area (Å²) in [5.41, 5.74) is 1.73. The molecule has 1 aliphatic heterocycles. The van der Waals surface area contributed by atoms with Gasteiger partial charge in [-0.2, -0.15) is 0 Å². The van der Waals surface area contributed by atoms with Crippen LogP contribution in [0, 0.1) is 0 Å². The molecule has 0 saturated heterocycles. The predicted octanol–water partition coefficient (Wildman–Crippen LogP) is 1.84. The van der Waals surface area contributed by atoms with Crippen molar-refractivity contribution in [3.63, 3.8) is 0 Å². The molecule has 3 N–H and O–H groups in total. The molecule has 0 radical (unpaired) electrons. The fourth-order valence-electron chi connectivity index (χ4n) is 2.64. The first-order chi connectivity index (χ1) is 13.5. The molecule has 3 rings (SSSR count). The number of ether oxygens (including phenoxy) is 2. The summed E-state index contributed by atoms with van der Waals surface area (Å²) in [5, 5.41) is 13.6. The number of carbonyl (C=O) groups is 3.